The minimum atomic E-state index is -2.00. The minimum absolute atomic E-state index is 0.0128. The monoisotopic (exact) mass is 375 g/mol. The van der Waals surface area contributed by atoms with E-state index in [-0.39, 0.29) is 40.4 Å². The summed E-state index contributed by atoms with van der Waals surface area (Å²) in [5.74, 6) is 0.579. The topological polar surface area (TPSA) is 69.4 Å². The molecule has 1 aromatic rings. The molecule has 0 N–H and O–H groups in total. The van der Waals surface area contributed by atoms with Crippen LogP contribution in [0.2, 0.25) is 18.1 Å². The van der Waals surface area contributed by atoms with Crippen molar-refractivity contribution in [2.75, 3.05) is 0 Å². The van der Waals surface area contributed by atoms with Gasteiger partial charge in [-0.1, -0.05) is 46.8 Å². The van der Waals surface area contributed by atoms with Crippen LogP contribution >= 0.6 is 0 Å². The molecule has 2 saturated carbocycles. The van der Waals surface area contributed by atoms with E-state index in [0.717, 1.165) is 5.56 Å². The molecule has 2 aliphatic carbocycles. The molecule has 0 bridgehead atoms. The molecule has 0 spiro atoms. The van der Waals surface area contributed by atoms with Gasteiger partial charge in [-0.25, -0.2) is 0 Å². The van der Waals surface area contributed by atoms with Gasteiger partial charge in [0.2, 0.25) is 0 Å². The lowest BCUT2D eigenvalue weighted by atomic mass is 9.81. The maximum atomic E-state index is 13.0. The van der Waals surface area contributed by atoms with Gasteiger partial charge in [0.25, 0.3) is 5.69 Å². The zero-order chi connectivity index (χ0) is 19.7. The van der Waals surface area contributed by atoms with Crippen LogP contribution < -0.4 is 0 Å². The SMILES string of the molecule is CC1(C)C(=O)[C@H]2[C@@H](c3ccc([N+](=O)[O-])cc3)[C@H]2[C@H]1O[Si](C)(C)C(C)(C)C. The van der Waals surface area contributed by atoms with Crippen molar-refractivity contribution in [2.45, 2.75) is 64.8 Å². The first-order chi connectivity index (χ1) is 11.8. The smallest absolute Gasteiger partial charge is 0.269 e. The Hall–Kier alpha value is -1.53. The molecule has 0 heterocycles. The molecule has 1 aromatic carbocycles. The summed E-state index contributed by atoms with van der Waals surface area (Å²) in [6.45, 7) is 15.1. The van der Waals surface area contributed by atoms with Crippen molar-refractivity contribution >= 4 is 19.8 Å². The van der Waals surface area contributed by atoms with Crippen LogP contribution in [-0.4, -0.2) is 25.1 Å². The molecule has 0 saturated heterocycles. The summed E-state index contributed by atoms with van der Waals surface area (Å²) in [6.07, 6.45) is -0.0823. The molecule has 142 valence electrons. The predicted octanol–water partition coefficient (Wildman–Crippen LogP) is 4.92. The number of hydrogen-bond donors (Lipinski definition) is 0. The van der Waals surface area contributed by atoms with Gasteiger partial charge < -0.3 is 4.43 Å². The van der Waals surface area contributed by atoms with Gasteiger partial charge >= 0.3 is 0 Å². The normalized spacial score (nSPS) is 30.2. The van der Waals surface area contributed by atoms with Crippen molar-refractivity contribution in [3.8, 4) is 0 Å². The van der Waals surface area contributed by atoms with Crippen LogP contribution in [0.5, 0.6) is 0 Å². The highest BCUT2D eigenvalue weighted by atomic mass is 28.4. The molecule has 0 amide bonds. The molecule has 0 aliphatic heterocycles. The Morgan fingerprint density at radius 3 is 2.12 bits per heavy atom. The summed E-state index contributed by atoms with van der Waals surface area (Å²) >= 11 is 0. The van der Waals surface area contributed by atoms with Gasteiger partial charge in [-0.3, -0.25) is 14.9 Å². The van der Waals surface area contributed by atoms with Crippen LogP contribution in [0.4, 0.5) is 5.69 Å². The second-order valence-electron chi connectivity index (χ2n) is 9.86. The van der Waals surface area contributed by atoms with Gasteiger partial charge in [-0.05, 0) is 29.6 Å². The van der Waals surface area contributed by atoms with Crippen LogP contribution in [0.3, 0.4) is 0 Å². The fraction of sp³-hybridized carbons (Fsp3) is 0.650. The maximum Gasteiger partial charge on any atom is 0.269 e. The summed E-state index contributed by atoms with van der Waals surface area (Å²) in [7, 11) is -2.00. The Balaban J connectivity index is 1.87. The van der Waals surface area contributed by atoms with E-state index < -0.39 is 18.7 Å². The van der Waals surface area contributed by atoms with E-state index in [0.29, 0.717) is 0 Å². The molecular formula is C20H29NO4Si. The number of nitro groups is 1. The number of fused-ring (bicyclic) bond motifs is 1. The van der Waals surface area contributed by atoms with Crippen LogP contribution in [-0.2, 0) is 9.22 Å². The molecule has 5 nitrogen and oxygen atoms in total. The number of nitrogens with zero attached hydrogens (tertiary/aromatic N) is 1. The number of hydrogen-bond acceptors (Lipinski definition) is 4. The third kappa shape index (κ3) is 2.83. The largest absolute Gasteiger partial charge is 0.413 e. The number of rotatable bonds is 4. The van der Waals surface area contributed by atoms with E-state index in [9.17, 15) is 14.9 Å². The Bertz CT molecular complexity index is 748. The van der Waals surface area contributed by atoms with Gasteiger partial charge in [-0.15, -0.1) is 0 Å². The quantitative estimate of drug-likeness (QED) is 0.425. The first kappa shape index (κ1) is 19.2. The fourth-order valence-electron chi connectivity index (χ4n) is 4.07. The maximum absolute atomic E-state index is 13.0. The zero-order valence-corrected chi connectivity index (χ0v) is 17.7. The van der Waals surface area contributed by atoms with Gasteiger partial charge in [-0.2, -0.15) is 0 Å². The highest BCUT2D eigenvalue weighted by Gasteiger charge is 2.71. The number of carbonyl (C=O) groups excluding carboxylic acids is 1. The molecular weight excluding hydrogens is 346 g/mol. The van der Waals surface area contributed by atoms with Crippen LogP contribution in [0.25, 0.3) is 0 Å². The molecule has 0 aromatic heterocycles. The number of benzene rings is 1. The molecule has 2 aliphatic rings. The number of non-ortho nitro benzene ring substituents is 1. The van der Waals surface area contributed by atoms with Crippen molar-refractivity contribution in [1.82, 2.24) is 0 Å². The van der Waals surface area contributed by atoms with Crippen molar-refractivity contribution < 1.29 is 14.1 Å². The third-order valence-electron chi connectivity index (χ3n) is 6.79. The van der Waals surface area contributed by atoms with Crippen molar-refractivity contribution in [3.05, 3.63) is 39.9 Å². The second-order valence-corrected chi connectivity index (χ2v) is 14.6. The Morgan fingerprint density at radius 1 is 1.12 bits per heavy atom. The number of carbonyl (C=O) groups is 1. The Morgan fingerprint density at radius 2 is 1.65 bits per heavy atom. The lowest BCUT2D eigenvalue weighted by molar-refractivity contribution is -0.384. The Labute approximate surface area is 156 Å². The molecule has 0 radical (unpaired) electrons. The summed E-state index contributed by atoms with van der Waals surface area (Å²) in [5, 5.41) is 11.0. The fourth-order valence-corrected chi connectivity index (χ4v) is 5.51. The van der Waals surface area contributed by atoms with Crippen molar-refractivity contribution in [1.29, 1.82) is 0 Å². The molecule has 2 fully saturated rings. The van der Waals surface area contributed by atoms with E-state index in [1.807, 2.05) is 13.8 Å². The molecule has 26 heavy (non-hydrogen) atoms. The predicted molar refractivity (Wildman–Crippen MR) is 104 cm³/mol. The standard InChI is InChI=1S/C20H29NO4Si/c1-19(2,3)26(6,7)25-18-16-14(15(16)17(22)20(18,4)5)12-8-10-13(11-9-12)21(23)24/h8-11,14-16,18H,1-7H3/t14-,15+,16-,18-/m1/s1. The third-order valence-corrected chi connectivity index (χ3v) is 11.2. The number of nitro benzene ring substituents is 1. The van der Waals surface area contributed by atoms with Crippen molar-refractivity contribution in [3.63, 3.8) is 0 Å². The lowest BCUT2D eigenvalue weighted by Gasteiger charge is -2.42. The molecule has 6 heteroatoms. The van der Waals surface area contributed by atoms with E-state index in [2.05, 4.69) is 33.9 Å². The van der Waals surface area contributed by atoms with Crippen LogP contribution in [0.15, 0.2) is 24.3 Å². The van der Waals surface area contributed by atoms with E-state index >= 15 is 0 Å². The first-order valence-corrected chi connectivity index (χ1v) is 12.2. The lowest BCUT2D eigenvalue weighted by Crippen LogP contribution is -2.49. The molecule has 3 rings (SSSR count). The molecule has 0 unspecified atom stereocenters. The van der Waals surface area contributed by atoms with Gasteiger partial charge in [0.1, 0.15) is 5.78 Å². The minimum Gasteiger partial charge on any atom is -0.413 e. The Kier molecular flexibility index (Phi) is 4.24. The van der Waals surface area contributed by atoms with E-state index in [1.165, 1.54) is 12.1 Å². The summed E-state index contributed by atoms with van der Waals surface area (Å²) in [4.78, 5) is 23.5. The average Bonchev–Trinajstić information content (AvgIpc) is 3.20. The van der Waals surface area contributed by atoms with Gasteiger partial charge in [0, 0.05) is 29.4 Å². The van der Waals surface area contributed by atoms with E-state index in [1.54, 1.807) is 12.1 Å². The van der Waals surface area contributed by atoms with Gasteiger partial charge in [0.15, 0.2) is 8.32 Å². The summed E-state index contributed by atoms with van der Waals surface area (Å²) in [5.41, 5.74) is 0.626. The second kappa shape index (κ2) is 5.73. The molecule has 4 atom stereocenters. The first-order valence-electron chi connectivity index (χ1n) is 9.25. The summed E-state index contributed by atoms with van der Waals surface area (Å²) in [6, 6.07) is 6.65. The zero-order valence-electron chi connectivity index (χ0n) is 16.7. The summed E-state index contributed by atoms with van der Waals surface area (Å²) < 4.78 is 6.73. The average molecular weight is 376 g/mol. The highest BCUT2D eigenvalue weighted by Crippen LogP contribution is 2.67. The number of Topliss-reactive ketones (excluding diaryl/α,β-unsaturated/α-hetero) is 1. The van der Waals surface area contributed by atoms with Crippen LogP contribution in [0, 0.1) is 27.4 Å². The highest BCUT2D eigenvalue weighted by molar-refractivity contribution is 6.74. The van der Waals surface area contributed by atoms with Crippen molar-refractivity contribution in [2.24, 2.45) is 17.3 Å². The van der Waals surface area contributed by atoms with Crippen LogP contribution in [0.1, 0.15) is 46.1 Å². The number of ketones is 1. The van der Waals surface area contributed by atoms with Gasteiger partial charge in [0.05, 0.1) is 11.0 Å². The van der Waals surface area contributed by atoms with E-state index in [4.69, 9.17) is 4.43 Å².